The molecule has 0 aromatic carbocycles. The molecule has 5 N–H and O–H groups in total. The van der Waals surface area contributed by atoms with E-state index < -0.39 is 0 Å². The van der Waals surface area contributed by atoms with Gasteiger partial charge in [0, 0.05) is 13.0 Å². The van der Waals surface area contributed by atoms with Crippen molar-refractivity contribution in [2.75, 3.05) is 17.6 Å². The molecule has 0 fully saturated rings. The van der Waals surface area contributed by atoms with Gasteiger partial charge in [0.15, 0.2) is 0 Å². The Hall–Kier alpha value is -1.98. The molecule has 6 nitrogen and oxygen atoms in total. The maximum absolute atomic E-state index is 10.6. The average Bonchev–Trinajstić information content (AvgIpc) is 2.21. The SMILES string of the molecule is CC(C)Oc1nc(NCCC(N)=O)ccc1N. The number of ether oxygens (including phenoxy) is 1. The number of hydrogen-bond acceptors (Lipinski definition) is 5. The second kappa shape index (κ2) is 5.93. The highest BCUT2D eigenvalue weighted by molar-refractivity contribution is 5.74. The number of pyridine rings is 1. The van der Waals surface area contributed by atoms with Crippen molar-refractivity contribution in [3.8, 4) is 5.88 Å². The molecule has 1 rings (SSSR count). The van der Waals surface area contributed by atoms with Crippen LogP contribution in [0.1, 0.15) is 20.3 Å². The molecule has 0 atom stereocenters. The maximum Gasteiger partial charge on any atom is 0.239 e. The van der Waals surface area contributed by atoms with E-state index in [-0.39, 0.29) is 18.4 Å². The third-order valence-corrected chi connectivity index (χ3v) is 1.91. The molecule has 0 unspecified atom stereocenters. The number of aromatic nitrogens is 1. The van der Waals surface area contributed by atoms with Gasteiger partial charge in [-0.1, -0.05) is 0 Å². The number of hydrogen-bond donors (Lipinski definition) is 3. The summed E-state index contributed by atoms with van der Waals surface area (Å²) in [5.74, 6) is 0.645. The van der Waals surface area contributed by atoms with Gasteiger partial charge in [-0.05, 0) is 26.0 Å². The zero-order valence-electron chi connectivity index (χ0n) is 10.1. The first kappa shape index (κ1) is 13.1. The van der Waals surface area contributed by atoms with Crippen molar-refractivity contribution in [2.24, 2.45) is 5.73 Å². The van der Waals surface area contributed by atoms with Crippen LogP contribution in [-0.2, 0) is 4.79 Å². The molecule has 0 saturated heterocycles. The van der Waals surface area contributed by atoms with Crippen LogP contribution >= 0.6 is 0 Å². The van der Waals surface area contributed by atoms with E-state index in [9.17, 15) is 4.79 Å². The Kier molecular flexibility index (Phi) is 4.56. The molecule has 6 heteroatoms. The minimum absolute atomic E-state index is 0.00525. The largest absolute Gasteiger partial charge is 0.473 e. The molecule has 0 bridgehead atoms. The van der Waals surface area contributed by atoms with E-state index in [4.69, 9.17) is 16.2 Å². The van der Waals surface area contributed by atoms with Crippen LogP contribution in [0.3, 0.4) is 0 Å². The van der Waals surface area contributed by atoms with Crippen molar-refractivity contribution < 1.29 is 9.53 Å². The predicted octanol–water partition coefficient (Wildman–Crippen LogP) is 0.738. The molecule has 0 aliphatic rings. The van der Waals surface area contributed by atoms with Gasteiger partial charge in [0.25, 0.3) is 0 Å². The Balaban J connectivity index is 2.64. The Labute approximate surface area is 100 Å². The molecule has 1 heterocycles. The number of carbonyl (C=O) groups excluding carboxylic acids is 1. The highest BCUT2D eigenvalue weighted by Gasteiger charge is 2.06. The standard InChI is InChI=1S/C11H18N4O2/c1-7(2)17-11-8(12)3-4-10(15-11)14-6-5-9(13)16/h3-4,7H,5-6,12H2,1-2H3,(H2,13,16)(H,14,15). The molecule has 94 valence electrons. The van der Waals surface area contributed by atoms with E-state index in [0.29, 0.717) is 23.9 Å². The molecular formula is C11H18N4O2. The van der Waals surface area contributed by atoms with E-state index in [1.54, 1.807) is 12.1 Å². The molecule has 0 aliphatic heterocycles. The van der Waals surface area contributed by atoms with Gasteiger partial charge in [0.1, 0.15) is 5.82 Å². The highest BCUT2D eigenvalue weighted by atomic mass is 16.5. The number of nitrogens with two attached hydrogens (primary N) is 2. The fourth-order valence-corrected chi connectivity index (χ4v) is 1.18. The molecule has 1 aromatic rings. The van der Waals surface area contributed by atoms with Gasteiger partial charge in [-0.3, -0.25) is 4.79 Å². The molecule has 0 spiro atoms. The smallest absolute Gasteiger partial charge is 0.239 e. The van der Waals surface area contributed by atoms with Crippen LogP contribution in [0.15, 0.2) is 12.1 Å². The van der Waals surface area contributed by atoms with Crippen molar-refractivity contribution in [1.82, 2.24) is 4.98 Å². The second-order valence-corrected chi connectivity index (χ2v) is 3.90. The quantitative estimate of drug-likeness (QED) is 0.678. The Morgan fingerprint density at radius 1 is 1.53 bits per heavy atom. The molecule has 0 aliphatic carbocycles. The van der Waals surface area contributed by atoms with Crippen molar-refractivity contribution in [2.45, 2.75) is 26.4 Å². The average molecular weight is 238 g/mol. The molecule has 1 aromatic heterocycles. The number of amides is 1. The summed E-state index contributed by atoms with van der Waals surface area (Å²) in [6.45, 7) is 4.23. The van der Waals surface area contributed by atoms with Crippen molar-refractivity contribution in [3.05, 3.63) is 12.1 Å². The summed E-state index contributed by atoms with van der Waals surface area (Å²) in [6.07, 6.45) is 0.262. The number of nitrogen functional groups attached to an aromatic ring is 1. The van der Waals surface area contributed by atoms with Gasteiger partial charge in [-0.15, -0.1) is 0 Å². The van der Waals surface area contributed by atoms with Gasteiger partial charge in [-0.2, -0.15) is 4.98 Å². The Morgan fingerprint density at radius 2 is 2.24 bits per heavy atom. The monoisotopic (exact) mass is 238 g/mol. The van der Waals surface area contributed by atoms with Crippen LogP contribution in [0, 0.1) is 0 Å². The first-order valence-corrected chi connectivity index (χ1v) is 5.44. The maximum atomic E-state index is 10.6. The summed E-state index contributed by atoms with van der Waals surface area (Å²) in [4.78, 5) is 14.8. The highest BCUT2D eigenvalue weighted by Crippen LogP contribution is 2.21. The fraction of sp³-hybridized carbons (Fsp3) is 0.455. The minimum atomic E-state index is -0.355. The van der Waals surface area contributed by atoms with E-state index in [2.05, 4.69) is 10.3 Å². The minimum Gasteiger partial charge on any atom is -0.473 e. The summed E-state index contributed by atoms with van der Waals surface area (Å²) >= 11 is 0. The third-order valence-electron chi connectivity index (χ3n) is 1.91. The van der Waals surface area contributed by atoms with Gasteiger partial charge >= 0.3 is 0 Å². The number of nitrogens with one attached hydrogen (secondary N) is 1. The fourth-order valence-electron chi connectivity index (χ4n) is 1.18. The van der Waals surface area contributed by atoms with Crippen molar-refractivity contribution in [1.29, 1.82) is 0 Å². The molecular weight excluding hydrogens is 220 g/mol. The summed E-state index contributed by atoms with van der Waals surface area (Å²) < 4.78 is 5.45. The van der Waals surface area contributed by atoms with Crippen molar-refractivity contribution in [3.63, 3.8) is 0 Å². The second-order valence-electron chi connectivity index (χ2n) is 3.90. The Bertz CT molecular complexity index is 393. The summed E-state index contributed by atoms with van der Waals surface area (Å²) in [5, 5.41) is 2.97. The lowest BCUT2D eigenvalue weighted by molar-refractivity contribution is -0.117. The zero-order chi connectivity index (χ0) is 12.8. The van der Waals surface area contributed by atoms with E-state index in [1.165, 1.54) is 0 Å². The summed E-state index contributed by atoms with van der Waals surface area (Å²) in [6, 6.07) is 3.43. The van der Waals surface area contributed by atoms with Gasteiger partial charge < -0.3 is 21.5 Å². The summed E-state index contributed by atoms with van der Waals surface area (Å²) in [7, 11) is 0. The number of primary amides is 1. The van der Waals surface area contributed by atoms with Crippen LogP contribution in [-0.4, -0.2) is 23.5 Å². The molecule has 17 heavy (non-hydrogen) atoms. The predicted molar refractivity (Wildman–Crippen MR) is 66.7 cm³/mol. The van der Waals surface area contributed by atoms with E-state index >= 15 is 0 Å². The van der Waals surface area contributed by atoms with E-state index in [1.807, 2.05) is 13.8 Å². The van der Waals surface area contributed by atoms with Gasteiger partial charge in [-0.25, -0.2) is 0 Å². The molecule has 0 saturated carbocycles. The lowest BCUT2D eigenvalue weighted by atomic mass is 10.3. The van der Waals surface area contributed by atoms with E-state index in [0.717, 1.165) is 0 Å². The third kappa shape index (κ3) is 4.58. The topological polar surface area (TPSA) is 103 Å². The lowest BCUT2D eigenvalue weighted by Crippen LogP contribution is -2.16. The normalized spacial score (nSPS) is 10.3. The number of anilines is 2. The van der Waals surface area contributed by atoms with Crippen LogP contribution in [0.25, 0.3) is 0 Å². The molecule has 1 amide bonds. The molecule has 0 radical (unpaired) electrons. The summed E-state index contributed by atoms with van der Waals surface area (Å²) in [5.41, 5.74) is 11.2. The zero-order valence-corrected chi connectivity index (χ0v) is 10.1. The van der Waals surface area contributed by atoms with Gasteiger partial charge in [0.05, 0.1) is 11.8 Å². The van der Waals surface area contributed by atoms with Crippen LogP contribution < -0.4 is 21.5 Å². The van der Waals surface area contributed by atoms with Crippen molar-refractivity contribution >= 4 is 17.4 Å². The number of nitrogens with zero attached hydrogens (tertiary/aromatic N) is 1. The number of rotatable bonds is 6. The first-order valence-electron chi connectivity index (χ1n) is 5.44. The Morgan fingerprint density at radius 3 is 2.82 bits per heavy atom. The number of carbonyl (C=O) groups is 1. The first-order chi connectivity index (χ1) is 7.99. The van der Waals surface area contributed by atoms with Crippen LogP contribution in [0.4, 0.5) is 11.5 Å². The van der Waals surface area contributed by atoms with Crippen LogP contribution in [0.2, 0.25) is 0 Å². The van der Waals surface area contributed by atoms with Gasteiger partial charge in [0.2, 0.25) is 11.8 Å². The lowest BCUT2D eigenvalue weighted by Gasteiger charge is -2.12. The van der Waals surface area contributed by atoms with Crippen LogP contribution in [0.5, 0.6) is 5.88 Å².